The average molecular weight is 667 g/mol. The van der Waals surface area contributed by atoms with Gasteiger partial charge >= 0.3 is 12.2 Å². The van der Waals surface area contributed by atoms with Gasteiger partial charge in [0, 0.05) is 13.1 Å². The topological polar surface area (TPSA) is 96.4 Å². The highest BCUT2D eigenvalue weighted by molar-refractivity contribution is 5.97. The van der Waals surface area contributed by atoms with Gasteiger partial charge in [-0.25, -0.2) is 18.9 Å². The summed E-state index contributed by atoms with van der Waals surface area (Å²) in [5, 5.41) is 10.3. The summed E-state index contributed by atoms with van der Waals surface area (Å²) in [5.41, 5.74) is 5.00. The molecule has 3 amide bonds. The monoisotopic (exact) mass is 666 g/mol. The highest BCUT2D eigenvalue weighted by Gasteiger charge is 2.41. The Morgan fingerprint density at radius 3 is 2.10 bits per heavy atom. The zero-order valence-electron chi connectivity index (χ0n) is 28.6. The number of nitrogens with zero attached hydrogens (tertiary/aromatic N) is 2. The second kappa shape index (κ2) is 14.9. The third kappa shape index (κ3) is 8.65. The van der Waals surface area contributed by atoms with Crippen molar-refractivity contribution in [3.05, 3.63) is 119 Å². The van der Waals surface area contributed by atoms with Crippen LogP contribution in [0, 0.1) is 11.7 Å². The smallest absolute Gasteiger partial charge is 0.414 e. The summed E-state index contributed by atoms with van der Waals surface area (Å²) in [4.78, 5) is 42.3. The van der Waals surface area contributed by atoms with Gasteiger partial charge in [-0.1, -0.05) is 89.2 Å². The van der Waals surface area contributed by atoms with E-state index in [9.17, 15) is 23.9 Å². The maximum absolute atomic E-state index is 14.3. The molecule has 5 rings (SSSR count). The molecule has 49 heavy (non-hydrogen) atoms. The molecular weight excluding hydrogens is 623 g/mol. The summed E-state index contributed by atoms with van der Waals surface area (Å²) in [6.07, 6.45) is -1.37. The van der Waals surface area contributed by atoms with E-state index in [1.54, 1.807) is 18.2 Å². The van der Waals surface area contributed by atoms with Gasteiger partial charge in [0.25, 0.3) is 5.91 Å². The van der Waals surface area contributed by atoms with Crippen molar-refractivity contribution in [3.8, 4) is 22.6 Å². The van der Waals surface area contributed by atoms with Crippen LogP contribution in [0.4, 0.5) is 14.0 Å². The lowest BCUT2D eigenvalue weighted by Crippen LogP contribution is -2.50. The standard InChI is InChI=1S/C40H43FN2O6/c1-26(2)25-48-39(47)42-23-21-30-12-17-34(49-33-18-13-31(14-19-33)40(3,4)5)24-35(30)36(42)37(44)43(38(45)46)22-20-27-6-8-28(9-7-27)29-10-15-32(41)16-11-29/h6-19,24,26,36H,20-23,25H2,1-5H3,(H,45,46)/t36-/m0/s1. The number of hydrogen-bond donors (Lipinski definition) is 1. The van der Waals surface area contributed by atoms with Crippen molar-refractivity contribution in [1.82, 2.24) is 9.80 Å². The van der Waals surface area contributed by atoms with Gasteiger partial charge in [0.15, 0.2) is 0 Å². The van der Waals surface area contributed by atoms with E-state index in [1.807, 2.05) is 74.5 Å². The van der Waals surface area contributed by atoms with Crippen molar-refractivity contribution >= 4 is 18.1 Å². The number of carbonyl (C=O) groups excluding carboxylic acids is 2. The predicted molar refractivity (Wildman–Crippen MR) is 186 cm³/mol. The van der Waals surface area contributed by atoms with Crippen LogP contribution in [0.25, 0.3) is 11.1 Å². The van der Waals surface area contributed by atoms with Crippen LogP contribution in [0.15, 0.2) is 91.0 Å². The van der Waals surface area contributed by atoms with Crippen molar-refractivity contribution in [3.63, 3.8) is 0 Å². The minimum atomic E-state index is -1.41. The van der Waals surface area contributed by atoms with Crippen LogP contribution in [-0.4, -0.2) is 52.7 Å². The quantitative estimate of drug-likeness (QED) is 0.192. The Balaban J connectivity index is 1.41. The van der Waals surface area contributed by atoms with Gasteiger partial charge in [-0.05, 0) is 94.0 Å². The van der Waals surface area contributed by atoms with Crippen LogP contribution in [0.3, 0.4) is 0 Å². The average Bonchev–Trinajstić information content (AvgIpc) is 3.07. The summed E-state index contributed by atoms with van der Waals surface area (Å²) in [6.45, 7) is 10.4. The van der Waals surface area contributed by atoms with Gasteiger partial charge in [-0.2, -0.15) is 0 Å². The molecule has 256 valence electrons. The Kier molecular flexibility index (Phi) is 10.7. The molecule has 4 aromatic rings. The van der Waals surface area contributed by atoms with Crippen molar-refractivity contribution in [2.45, 2.75) is 58.9 Å². The molecule has 0 saturated carbocycles. The Hall–Kier alpha value is -5.18. The summed E-state index contributed by atoms with van der Waals surface area (Å²) in [7, 11) is 0. The Bertz CT molecular complexity index is 1780. The fourth-order valence-electron chi connectivity index (χ4n) is 5.79. The fraction of sp³-hybridized carbons (Fsp3) is 0.325. The second-order valence-electron chi connectivity index (χ2n) is 13.8. The normalized spacial score (nSPS) is 14.3. The van der Waals surface area contributed by atoms with Gasteiger partial charge in [0.2, 0.25) is 0 Å². The first-order valence-electron chi connectivity index (χ1n) is 16.5. The summed E-state index contributed by atoms with van der Waals surface area (Å²) < 4.78 is 25.1. The van der Waals surface area contributed by atoms with Crippen molar-refractivity contribution < 1.29 is 33.4 Å². The van der Waals surface area contributed by atoms with E-state index in [1.165, 1.54) is 17.0 Å². The van der Waals surface area contributed by atoms with Crippen LogP contribution < -0.4 is 4.74 Å². The molecule has 0 radical (unpaired) electrons. The van der Waals surface area contributed by atoms with Crippen LogP contribution in [-0.2, 0) is 27.8 Å². The first-order chi connectivity index (χ1) is 23.3. The van der Waals surface area contributed by atoms with Crippen molar-refractivity contribution in [2.75, 3.05) is 19.7 Å². The number of ether oxygens (including phenoxy) is 2. The van der Waals surface area contributed by atoms with Crippen LogP contribution in [0.1, 0.15) is 62.9 Å². The largest absolute Gasteiger partial charge is 0.465 e. The van der Waals surface area contributed by atoms with E-state index in [0.717, 1.165) is 32.7 Å². The number of carboxylic acid groups (broad SMARTS) is 1. The van der Waals surface area contributed by atoms with Gasteiger partial charge in [0.05, 0.1) is 6.61 Å². The zero-order valence-corrected chi connectivity index (χ0v) is 28.6. The molecular formula is C40H43FN2O6. The Labute approximate surface area is 287 Å². The second-order valence-corrected chi connectivity index (χ2v) is 13.8. The number of hydrogen-bond acceptors (Lipinski definition) is 5. The summed E-state index contributed by atoms with van der Waals surface area (Å²) in [5.74, 6) is 0.0770. The SMILES string of the molecule is CC(C)COC(=O)N1CCc2ccc(Oc3ccc(C(C)(C)C)cc3)cc2[C@H]1C(=O)N(CCc1ccc(-c2ccc(F)cc2)cc1)C(=O)O. The van der Waals surface area contributed by atoms with Crippen LogP contribution in [0.2, 0.25) is 0 Å². The number of halogens is 1. The predicted octanol–water partition coefficient (Wildman–Crippen LogP) is 9.02. The number of amides is 3. The maximum Gasteiger partial charge on any atom is 0.414 e. The van der Waals surface area contributed by atoms with Crippen molar-refractivity contribution in [2.24, 2.45) is 5.92 Å². The molecule has 0 aliphatic carbocycles. The molecule has 1 aliphatic rings. The minimum absolute atomic E-state index is 0.0188. The third-order valence-corrected chi connectivity index (χ3v) is 8.56. The third-order valence-electron chi connectivity index (χ3n) is 8.56. The Morgan fingerprint density at radius 2 is 1.51 bits per heavy atom. The molecule has 9 heteroatoms. The van der Waals surface area contributed by atoms with E-state index in [-0.39, 0.29) is 43.3 Å². The molecule has 0 bridgehead atoms. The molecule has 1 heterocycles. The number of benzene rings is 4. The van der Waals surface area contributed by atoms with Gasteiger partial charge in [-0.15, -0.1) is 0 Å². The van der Waals surface area contributed by atoms with E-state index >= 15 is 0 Å². The summed E-state index contributed by atoms with van der Waals surface area (Å²) in [6, 6.07) is 25.6. The number of carbonyl (C=O) groups is 3. The molecule has 1 atom stereocenters. The first kappa shape index (κ1) is 35.1. The van der Waals surface area contributed by atoms with E-state index < -0.39 is 24.1 Å². The molecule has 8 nitrogen and oxygen atoms in total. The molecule has 0 fully saturated rings. The number of fused-ring (bicyclic) bond motifs is 1. The molecule has 1 aliphatic heterocycles. The van der Waals surface area contributed by atoms with Gasteiger partial charge in [0.1, 0.15) is 23.4 Å². The van der Waals surface area contributed by atoms with Crippen LogP contribution >= 0.6 is 0 Å². The molecule has 0 unspecified atom stereocenters. The van der Waals surface area contributed by atoms with E-state index in [2.05, 4.69) is 20.8 Å². The first-order valence-corrected chi connectivity index (χ1v) is 16.5. The summed E-state index contributed by atoms with van der Waals surface area (Å²) >= 11 is 0. The fourth-order valence-corrected chi connectivity index (χ4v) is 5.79. The highest BCUT2D eigenvalue weighted by atomic mass is 19.1. The molecule has 4 aromatic carbocycles. The molecule has 0 saturated heterocycles. The number of rotatable bonds is 9. The minimum Gasteiger partial charge on any atom is -0.465 e. The van der Waals surface area contributed by atoms with Crippen LogP contribution in [0.5, 0.6) is 11.5 Å². The lowest BCUT2D eigenvalue weighted by atomic mass is 9.87. The van der Waals surface area contributed by atoms with Gasteiger partial charge in [-0.3, -0.25) is 9.69 Å². The van der Waals surface area contributed by atoms with Gasteiger partial charge < -0.3 is 14.6 Å². The lowest BCUT2D eigenvalue weighted by molar-refractivity contribution is -0.135. The molecule has 1 N–H and O–H groups in total. The van der Waals surface area contributed by atoms with Crippen molar-refractivity contribution in [1.29, 1.82) is 0 Å². The lowest BCUT2D eigenvalue weighted by Gasteiger charge is -2.37. The maximum atomic E-state index is 14.3. The van der Waals surface area contributed by atoms with E-state index in [4.69, 9.17) is 9.47 Å². The van der Waals surface area contributed by atoms with E-state index in [0.29, 0.717) is 23.5 Å². The highest BCUT2D eigenvalue weighted by Crippen LogP contribution is 2.36. The molecule has 0 spiro atoms. The number of imide groups is 1. The Morgan fingerprint density at radius 1 is 0.898 bits per heavy atom. The molecule has 0 aromatic heterocycles. The zero-order chi connectivity index (χ0) is 35.3.